The lowest BCUT2D eigenvalue weighted by Gasteiger charge is -2.21. The number of benzene rings is 1. The van der Waals surface area contributed by atoms with Gasteiger partial charge >= 0.3 is 0 Å². The monoisotopic (exact) mass is 290 g/mol. The lowest BCUT2D eigenvalue weighted by molar-refractivity contribution is -0.119. The van der Waals surface area contributed by atoms with Crippen molar-refractivity contribution in [3.8, 4) is 0 Å². The molecule has 0 spiro atoms. The van der Waals surface area contributed by atoms with Crippen molar-refractivity contribution in [2.24, 2.45) is 0 Å². The van der Waals surface area contributed by atoms with E-state index in [1.807, 2.05) is 13.8 Å². The molecule has 2 aromatic rings. The van der Waals surface area contributed by atoms with E-state index in [0.717, 1.165) is 5.69 Å². The maximum Gasteiger partial charge on any atom is 0.248 e. The van der Waals surface area contributed by atoms with Gasteiger partial charge in [0.2, 0.25) is 5.91 Å². The Morgan fingerprint density at radius 2 is 1.95 bits per heavy atom. The first kappa shape index (κ1) is 15.0. The lowest BCUT2D eigenvalue weighted by atomic mass is 10.2. The Balaban J connectivity index is 2.20. The quantitative estimate of drug-likeness (QED) is 0.939. The summed E-state index contributed by atoms with van der Waals surface area (Å²) in [6.07, 6.45) is 0. The minimum atomic E-state index is -0.325. The summed E-state index contributed by atoms with van der Waals surface area (Å²) in [5.74, 6) is -0.441. The van der Waals surface area contributed by atoms with E-state index in [2.05, 4.69) is 5.10 Å². The fourth-order valence-corrected chi connectivity index (χ4v) is 2.20. The Labute approximate surface area is 123 Å². The molecule has 0 saturated heterocycles. The summed E-state index contributed by atoms with van der Waals surface area (Å²) in [6, 6.07) is 5.86. The second kappa shape index (κ2) is 5.95. The van der Waals surface area contributed by atoms with Crippen LogP contribution < -0.4 is 10.6 Å². The molecule has 0 atom stereocenters. The molecule has 0 radical (unpaired) electrons. The zero-order chi connectivity index (χ0) is 15.6. The molecule has 0 aliphatic carbocycles. The molecule has 2 rings (SSSR count). The smallest absolute Gasteiger partial charge is 0.248 e. The van der Waals surface area contributed by atoms with Gasteiger partial charge in [0, 0.05) is 12.2 Å². The zero-order valence-electron chi connectivity index (χ0n) is 12.4. The number of carbonyl (C=O) groups excluding carboxylic acids is 1. The molecule has 6 heteroatoms. The fourth-order valence-electron chi connectivity index (χ4n) is 2.20. The third-order valence-corrected chi connectivity index (χ3v) is 3.48. The van der Waals surface area contributed by atoms with Crippen LogP contribution in [0.1, 0.15) is 18.3 Å². The Morgan fingerprint density at radius 1 is 1.33 bits per heavy atom. The first-order chi connectivity index (χ1) is 9.93. The number of aromatic nitrogens is 2. The largest absolute Gasteiger partial charge is 0.396 e. The highest BCUT2D eigenvalue weighted by Crippen LogP contribution is 2.18. The summed E-state index contributed by atoms with van der Waals surface area (Å²) in [5, 5.41) is 4.26. The van der Waals surface area contributed by atoms with Crippen LogP contribution in [-0.4, -0.2) is 22.2 Å². The number of carbonyl (C=O) groups is 1. The van der Waals surface area contributed by atoms with Crippen LogP contribution in [0, 0.1) is 19.7 Å². The first-order valence-electron chi connectivity index (χ1n) is 6.79. The van der Waals surface area contributed by atoms with Crippen LogP contribution in [0.5, 0.6) is 0 Å². The summed E-state index contributed by atoms with van der Waals surface area (Å²) in [6.45, 7) is 6.11. The van der Waals surface area contributed by atoms with Crippen molar-refractivity contribution >= 4 is 17.3 Å². The van der Waals surface area contributed by atoms with E-state index in [4.69, 9.17) is 5.73 Å². The number of nitrogens with two attached hydrogens (primary N) is 1. The number of halogens is 1. The van der Waals surface area contributed by atoms with Crippen molar-refractivity contribution in [2.45, 2.75) is 27.3 Å². The number of anilines is 2. The summed E-state index contributed by atoms with van der Waals surface area (Å²) in [4.78, 5) is 14.0. The zero-order valence-corrected chi connectivity index (χ0v) is 12.4. The molecule has 0 fully saturated rings. The molecule has 0 saturated carbocycles. The molecule has 1 heterocycles. The van der Waals surface area contributed by atoms with Gasteiger partial charge in [-0.15, -0.1) is 0 Å². The third kappa shape index (κ3) is 3.04. The Kier molecular flexibility index (Phi) is 4.26. The molecule has 0 bridgehead atoms. The highest BCUT2D eigenvalue weighted by molar-refractivity contribution is 5.93. The highest BCUT2D eigenvalue weighted by atomic mass is 19.1. The van der Waals surface area contributed by atoms with Crippen molar-refractivity contribution in [1.29, 1.82) is 0 Å². The van der Waals surface area contributed by atoms with Crippen molar-refractivity contribution in [3.63, 3.8) is 0 Å². The van der Waals surface area contributed by atoms with Gasteiger partial charge in [0.05, 0.1) is 17.1 Å². The molecule has 2 N–H and O–H groups in total. The Morgan fingerprint density at radius 3 is 2.43 bits per heavy atom. The van der Waals surface area contributed by atoms with E-state index in [1.165, 1.54) is 12.1 Å². The van der Waals surface area contributed by atoms with E-state index < -0.39 is 0 Å². The topological polar surface area (TPSA) is 64.2 Å². The average Bonchev–Trinajstić information content (AvgIpc) is 2.69. The normalized spacial score (nSPS) is 10.7. The van der Waals surface area contributed by atoms with Crippen LogP contribution in [0.25, 0.3) is 0 Å². The molecular weight excluding hydrogens is 271 g/mol. The lowest BCUT2D eigenvalue weighted by Crippen LogP contribution is -2.34. The third-order valence-electron chi connectivity index (χ3n) is 3.48. The van der Waals surface area contributed by atoms with Gasteiger partial charge in [-0.1, -0.05) is 0 Å². The van der Waals surface area contributed by atoms with Crippen molar-refractivity contribution in [1.82, 2.24) is 9.78 Å². The maximum atomic E-state index is 13.0. The molecule has 1 aromatic heterocycles. The first-order valence-corrected chi connectivity index (χ1v) is 6.79. The number of rotatable bonds is 4. The number of hydrogen-bond acceptors (Lipinski definition) is 3. The second-order valence-corrected chi connectivity index (χ2v) is 4.86. The van der Waals surface area contributed by atoms with Crippen molar-refractivity contribution < 1.29 is 9.18 Å². The van der Waals surface area contributed by atoms with Gasteiger partial charge in [-0.05, 0) is 45.0 Å². The van der Waals surface area contributed by atoms with Gasteiger partial charge < -0.3 is 10.6 Å². The van der Waals surface area contributed by atoms with Gasteiger partial charge in [-0.3, -0.25) is 9.48 Å². The minimum Gasteiger partial charge on any atom is -0.396 e. The van der Waals surface area contributed by atoms with Crippen LogP contribution in [0.3, 0.4) is 0 Å². The molecule has 21 heavy (non-hydrogen) atoms. The summed E-state index contributed by atoms with van der Waals surface area (Å²) >= 11 is 0. The molecule has 0 aliphatic heterocycles. The summed E-state index contributed by atoms with van der Waals surface area (Å²) in [7, 11) is 0. The van der Waals surface area contributed by atoms with Gasteiger partial charge in [0.25, 0.3) is 0 Å². The van der Waals surface area contributed by atoms with E-state index in [1.54, 1.807) is 28.6 Å². The SMILES string of the molecule is CCN(C(=O)Cn1nc(C)c(N)c1C)c1ccc(F)cc1. The van der Waals surface area contributed by atoms with E-state index >= 15 is 0 Å². The van der Waals surface area contributed by atoms with Crippen molar-refractivity contribution in [2.75, 3.05) is 17.2 Å². The van der Waals surface area contributed by atoms with Gasteiger partial charge in [0.15, 0.2) is 0 Å². The Bertz CT molecular complexity index is 648. The molecule has 0 unspecified atom stereocenters. The molecule has 1 amide bonds. The van der Waals surface area contributed by atoms with Crippen LogP contribution in [0.4, 0.5) is 15.8 Å². The highest BCUT2D eigenvalue weighted by Gasteiger charge is 2.17. The van der Waals surface area contributed by atoms with Crippen LogP contribution in [0.15, 0.2) is 24.3 Å². The average molecular weight is 290 g/mol. The Hall–Kier alpha value is -2.37. The van der Waals surface area contributed by atoms with Gasteiger partial charge in [-0.25, -0.2) is 4.39 Å². The van der Waals surface area contributed by atoms with Gasteiger partial charge in [-0.2, -0.15) is 5.10 Å². The predicted molar refractivity (Wildman–Crippen MR) is 80.5 cm³/mol. The summed E-state index contributed by atoms with van der Waals surface area (Å²) in [5.41, 5.74) is 8.62. The maximum absolute atomic E-state index is 13.0. The van der Waals surface area contributed by atoms with E-state index in [9.17, 15) is 9.18 Å². The number of amides is 1. The number of nitrogens with zero attached hydrogens (tertiary/aromatic N) is 3. The number of likely N-dealkylation sites (N-methyl/N-ethyl adjacent to an activating group) is 1. The minimum absolute atomic E-state index is 0.106. The van der Waals surface area contributed by atoms with E-state index in [0.29, 0.717) is 23.6 Å². The number of aryl methyl sites for hydroxylation is 1. The molecule has 5 nitrogen and oxygen atoms in total. The number of nitrogen functional groups attached to an aromatic ring is 1. The standard InChI is InChI=1S/C15H19FN4O/c1-4-19(13-7-5-12(16)6-8-13)14(21)9-20-11(3)15(17)10(2)18-20/h5-8H,4,9,17H2,1-3H3. The molecular formula is C15H19FN4O. The van der Waals surface area contributed by atoms with Crippen LogP contribution >= 0.6 is 0 Å². The fraction of sp³-hybridized carbons (Fsp3) is 0.333. The molecule has 112 valence electrons. The van der Waals surface area contributed by atoms with Gasteiger partial charge in [0.1, 0.15) is 12.4 Å². The van der Waals surface area contributed by atoms with Crippen LogP contribution in [-0.2, 0) is 11.3 Å². The number of hydrogen-bond donors (Lipinski definition) is 1. The molecule has 0 aliphatic rings. The van der Waals surface area contributed by atoms with E-state index in [-0.39, 0.29) is 18.3 Å². The predicted octanol–water partition coefficient (Wildman–Crippen LogP) is 2.27. The molecule has 1 aromatic carbocycles. The second-order valence-electron chi connectivity index (χ2n) is 4.86. The van der Waals surface area contributed by atoms with Crippen LogP contribution in [0.2, 0.25) is 0 Å². The summed E-state index contributed by atoms with van der Waals surface area (Å²) < 4.78 is 14.6. The van der Waals surface area contributed by atoms with Crippen molar-refractivity contribution in [3.05, 3.63) is 41.5 Å².